The zero-order valence-corrected chi connectivity index (χ0v) is 21.2. The van der Waals surface area contributed by atoms with Crippen molar-refractivity contribution in [2.24, 2.45) is 4.99 Å². The minimum Gasteiger partial charge on any atom is -0.444 e. The van der Waals surface area contributed by atoms with Crippen molar-refractivity contribution in [3.8, 4) is 0 Å². The number of alkyl carbamates (subject to hydrolysis) is 1. The number of ether oxygens (including phenoxy) is 1. The molecule has 0 radical (unpaired) electrons. The lowest BCUT2D eigenvalue weighted by Gasteiger charge is -2.25. The molecule has 0 spiro atoms. The number of hydrogen-bond donors (Lipinski definition) is 3. The maximum Gasteiger partial charge on any atom is 0.408 e. The van der Waals surface area contributed by atoms with E-state index >= 15 is 0 Å². The molecule has 1 aliphatic rings. The highest BCUT2D eigenvalue weighted by molar-refractivity contribution is 14.0. The lowest BCUT2D eigenvalue weighted by atomic mass is 10.1. The van der Waals surface area contributed by atoms with Gasteiger partial charge in [-0.1, -0.05) is 30.3 Å². The minimum atomic E-state index is -4.20. The maximum atomic E-state index is 12.6. The summed E-state index contributed by atoms with van der Waals surface area (Å²) in [5.41, 5.74) is 0.259. The molecule has 2 unspecified atom stereocenters. The van der Waals surface area contributed by atoms with Crippen LogP contribution in [0.15, 0.2) is 35.3 Å². The molecule has 32 heavy (non-hydrogen) atoms. The molecular formula is C21H33F3IN5O2. The number of carbonyl (C=O) groups excluding carboxylic acids is 1. The van der Waals surface area contributed by atoms with E-state index in [1.807, 2.05) is 30.3 Å². The van der Waals surface area contributed by atoms with Crippen molar-refractivity contribution in [3.63, 3.8) is 0 Å². The van der Waals surface area contributed by atoms with Crippen LogP contribution in [0.5, 0.6) is 0 Å². The number of carbonyl (C=O) groups is 1. The first-order valence-electron chi connectivity index (χ1n) is 10.3. The molecule has 0 aromatic heterocycles. The number of amides is 1. The molecule has 0 aliphatic carbocycles. The maximum absolute atomic E-state index is 12.6. The molecule has 1 aliphatic heterocycles. The predicted molar refractivity (Wildman–Crippen MR) is 129 cm³/mol. The topological polar surface area (TPSA) is 78.0 Å². The molecule has 0 bridgehead atoms. The van der Waals surface area contributed by atoms with Gasteiger partial charge in [-0.15, -0.1) is 24.0 Å². The number of halogens is 4. The zero-order valence-electron chi connectivity index (χ0n) is 18.8. The van der Waals surface area contributed by atoms with Crippen LogP contribution in [-0.4, -0.2) is 68.0 Å². The fourth-order valence-electron chi connectivity index (χ4n) is 3.32. The first-order valence-corrected chi connectivity index (χ1v) is 10.3. The fourth-order valence-corrected chi connectivity index (χ4v) is 3.32. The summed E-state index contributed by atoms with van der Waals surface area (Å²) in [7, 11) is 1.59. The van der Waals surface area contributed by atoms with Crippen LogP contribution in [-0.2, 0) is 4.74 Å². The average molecular weight is 571 g/mol. The highest BCUT2D eigenvalue weighted by Crippen LogP contribution is 2.20. The van der Waals surface area contributed by atoms with Gasteiger partial charge in [-0.3, -0.25) is 9.89 Å². The Morgan fingerprint density at radius 1 is 1.25 bits per heavy atom. The molecule has 1 aromatic rings. The SMILES string of the molecule is CN=C(NCC(NC(=O)OC(C)(C)C)c1ccccc1)NC1CCN(CC(F)(F)F)C1.I. The molecule has 2 rings (SSSR count). The van der Waals surface area contributed by atoms with E-state index in [2.05, 4.69) is 20.9 Å². The first kappa shape index (κ1) is 28.3. The van der Waals surface area contributed by atoms with Crippen molar-refractivity contribution in [2.45, 2.75) is 51.1 Å². The number of guanidine groups is 1. The molecule has 7 nitrogen and oxygen atoms in total. The number of alkyl halides is 3. The van der Waals surface area contributed by atoms with Crippen LogP contribution in [0.4, 0.5) is 18.0 Å². The Morgan fingerprint density at radius 3 is 2.47 bits per heavy atom. The standard InChI is InChI=1S/C21H32F3N5O2.HI/c1-20(2,3)31-19(30)28-17(15-8-6-5-7-9-15)12-26-18(25-4)27-16-10-11-29(13-16)14-21(22,23)24;/h5-9,16-17H,10-14H2,1-4H3,(H,28,30)(H2,25,26,27);1H. The largest absolute Gasteiger partial charge is 0.444 e. The summed E-state index contributed by atoms with van der Waals surface area (Å²) in [5.74, 6) is 0.464. The summed E-state index contributed by atoms with van der Waals surface area (Å²) < 4.78 is 43.2. The normalized spacial score (nSPS) is 18.5. The molecular weight excluding hydrogens is 538 g/mol. The summed E-state index contributed by atoms with van der Waals surface area (Å²) in [4.78, 5) is 17.8. The van der Waals surface area contributed by atoms with Gasteiger partial charge >= 0.3 is 12.3 Å². The Kier molecular flexibility index (Phi) is 11.0. The average Bonchev–Trinajstić information content (AvgIpc) is 3.08. The monoisotopic (exact) mass is 571 g/mol. The van der Waals surface area contributed by atoms with Gasteiger partial charge in [-0.2, -0.15) is 13.2 Å². The Bertz CT molecular complexity index is 741. The Hall–Kier alpha value is -1.76. The van der Waals surface area contributed by atoms with Crippen LogP contribution >= 0.6 is 24.0 Å². The summed E-state index contributed by atoms with van der Waals surface area (Å²) in [6, 6.07) is 8.90. The number of likely N-dealkylation sites (tertiary alicyclic amines) is 1. The van der Waals surface area contributed by atoms with Crippen LogP contribution in [0.25, 0.3) is 0 Å². The van der Waals surface area contributed by atoms with E-state index in [0.717, 1.165) is 5.56 Å². The molecule has 2 atom stereocenters. The van der Waals surface area contributed by atoms with E-state index in [1.165, 1.54) is 4.90 Å². The molecule has 11 heteroatoms. The van der Waals surface area contributed by atoms with E-state index in [-0.39, 0.29) is 36.1 Å². The summed E-state index contributed by atoms with van der Waals surface area (Å²) >= 11 is 0. The molecule has 182 valence electrons. The van der Waals surface area contributed by atoms with Crippen LogP contribution in [0.1, 0.15) is 38.8 Å². The van der Waals surface area contributed by atoms with Gasteiger partial charge in [0, 0.05) is 32.7 Å². The second kappa shape index (κ2) is 12.5. The fraction of sp³-hybridized carbons (Fsp3) is 0.619. The van der Waals surface area contributed by atoms with Gasteiger partial charge in [0.15, 0.2) is 5.96 Å². The van der Waals surface area contributed by atoms with Crippen LogP contribution in [0.3, 0.4) is 0 Å². The molecule has 1 heterocycles. The highest BCUT2D eigenvalue weighted by Gasteiger charge is 2.34. The molecule has 3 N–H and O–H groups in total. The predicted octanol–water partition coefficient (Wildman–Crippen LogP) is 3.67. The molecule has 0 saturated carbocycles. The van der Waals surface area contributed by atoms with Crippen LogP contribution in [0.2, 0.25) is 0 Å². The number of benzene rings is 1. The second-order valence-corrected chi connectivity index (χ2v) is 8.54. The second-order valence-electron chi connectivity index (χ2n) is 8.54. The Balaban J connectivity index is 0.00000512. The van der Waals surface area contributed by atoms with Crippen LogP contribution < -0.4 is 16.0 Å². The Labute approximate surface area is 204 Å². The minimum absolute atomic E-state index is 0. The van der Waals surface area contributed by atoms with Gasteiger partial charge in [0.25, 0.3) is 0 Å². The van der Waals surface area contributed by atoms with E-state index in [9.17, 15) is 18.0 Å². The number of aliphatic imine (C=N–C) groups is 1. The van der Waals surface area contributed by atoms with Crippen molar-refractivity contribution >= 4 is 36.0 Å². The highest BCUT2D eigenvalue weighted by atomic mass is 127. The van der Waals surface area contributed by atoms with E-state index in [1.54, 1.807) is 27.8 Å². The van der Waals surface area contributed by atoms with Crippen LogP contribution in [0, 0.1) is 0 Å². The molecule has 1 saturated heterocycles. The smallest absolute Gasteiger partial charge is 0.408 e. The number of nitrogens with zero attached hydrogens (tertiary/aromatic N) is 2. The summed E-state index contributed by atoms with van der Waals surface area (Å²) in [5, 5.41) is 9.18. The number of nitrogens with one attached hydrogen (secondary N) is 3. The van der Waals surface area contributed by atoms with Crippen molar-refractivity contribution in [1.82, 2.24) is 20.9 Å². The molecule has 1 aromatic carbocycles. The lowest BCUT2D eigenvalue weighted by molar-refractivity contribution is -0.143. The molecule has 1 fully saturated rings. The van der Waals surface area contributed by atoms with Gasteiger partial charge in [0.2, 0.25) is 0 Å². The van der Waals surface area contributed by atoms with Crippen molar-refractivity contribution in [1.29, 1.82) is 0 Å². The van der Waals surface area contributed by atoms with Crippen molar-refractivity contribution in [3.05, 3.63) is 35.9 Å². The molecule has 1 amide bonds. The van der Waals surface area contributed by atoms with E-state index in [0.29, 0.717) is 32.0 Å². The van der Waals surface area contributed by atoms with Gasteiger partial charge in [-0.25, -0.2) is 4.79 Å². The number of rotatable bonds is 6. The third-order valence-corrected chi connectivity index (χ3v) is 4.61. The quantitative estimate of drug-likeness (QED) is 0.276. The number of hydrogen-bond acceptors (Lipinski definition) is 4. The Morgan fingerprint density at radius 2 is 1.91 bits per heavy atom. The van der Waals surface area contributed by atoms with Crippen molar-refractivity contribution < 1.29 is 22.7 Å². The summed E-state index contributed by atoms with van der Waals surface area (Å²) in [6.07, 6.45) is -4.15. The van der Waals surface area contributed by atoms with E-state index < -0.39 is 24.4 Å². The lowest BCUT2D eigenvalue weighted by Crippen LogP contribution is -2.48. The third-order valence-electron chi connectivity index (χ3n) is 4.61. The van der Waals surface area contributed by atoms with Gasteiger partial charge in [0.1, 0.15) is 5.60 Å². The van der Waals surface area contributed by atoms with Gasteiger partial charge < -0.3 is 20.7 Å². The summed E-state index contributed by atoms with van der Waals surface area (Å²) in [6.45, 7) is 5.45. The van der Waals surface area contributed by atoms with Gasteiger partial charge in [0.05, 0.1) is 12.6 Å². The van der Waals surface area contributed by atoms with E-state index in [4.69, 9.17) is 4.74 Å². The van der Waals surface area contributed by atoms with Gasteiger partial charge in [-0.05, 0) is 32.8 Å². The first-order chi connectivity index (χ1) is 14.4. The van der Waals surface area contributed by atoms with Crippen molar-refractivity contribution in [2.75, 3.05) is 33.2 Å². The zero-order chi connectivity index (χ0) is 23.1. The third kappa shape index (κ3) is 10.7.